The standard InChI is InChI=1S/C17H23FN4O/c1-13(19)12-16(20)17(23)22-10-8-21(9-11-22)7-6-14-2-4-15(18)5-3-14/h2-5,12,20H,6-11,19H2,1H3/b13-12-,20-16?. The van der Waals surface area contributed by atoms with Crippen LogP contribution in [-0.2, 0) is 11.2 Å². The van der Waals surface area contributed by atoms with E-state index in [0.29, 0.717) is 18.8 Å². The van der Waals surface area contributed by atoms with E-state index in [1.54, 1.807) is 24.0 Å². The average molecular weight is 318 g/mol. The molecule has 1 heterocycles. The normalized spacial score (nSPS) is 16.4. The summed E-state index contributed by atoms with van der Waals surface area (Å²) < 4.78 is 12.9. The molecule has 0 saturated carbocycles. The molecule has 0 unspecified atom stereocenters. The number of piperazine rings is 1. The molecular weight excluding hydrogens is 295 g/mol. The highest BCUT2D eigenvalue weighted by molar-refractivity contribution is 6.42. The monoisotopic (exact) mass is 318 g/mol. The van der Waals surface area contributed by atoms with Gasteiger partial charge in [0.15, 0.2) is 0 Å². The quantitative estimate of drug-likeness (QED) is 0.806. The molecule has 3 N–H and O–H groups in total. The van der Waals surface area contributed by atoms with Crippen molar-refractivity contribution in [2.24, 2.45) is 5.73 Å². The Labute approximate surface area is 136 Å². The van der Waals surface area contributed by atoms with Crippen LogP contribution in [0.3, 0.4) is 0 Å². The van der Waals surface area contributed by atoms with Gasteiger partial charge in [0.2, 0.25) is 0 Å². The number of hydrogen-bond acceptors (Lipinski definition) is 4. The summed E-state index contributed by atoms with van der Waals surface area (Å²) >= 11 is 0. The summed E-state index contributed by atoms with van der Waals surface area (Å²) in [6.45, 7) is 5.34. The number of nitrogens with one attached hydrogen (secondary N) is 1. The molecule has 0 atom stereocenters. The van der Waals surface area contributed by atoms with Crippen LogP contribution in [0.2, 0.25) is 0 Å². The molecule has 1 aromatic carbocycles. The van der Waals surface area contributed by atoms with Gasteiger partial charge < -0.3 is 10.6 Å². The summed E-state index contributed by atoms with van der Waals surface area (Å²) in [4.78, 5) is 16.1. The maximum atomic E-state index is 12.9. The van der Waals surface area contributed by atoms with Crippen LogP contribution in [0.5, 0.6) is 0 Å². The first-order valence-electron chi connectivity index (χ1n) is 7.74. The summed E-state index contributed by atoms with van der Waals surface area (Å²) in [5.74, 6) is -0.488. The second kappa shape index (κ2) is 7.87. The van der Waals surface area contributed by atoms with Gasteiger partial charge in [0.1, 0.15) is 11.5 Å². The smallest absolute Gasteiger partial charge is 0.271 e. The molecule has 23 heavy (non-hydrogen) atoms. The number of nitrogens with zero attached hydrogens (tertiary/aromatic N) is 2. The third kappa shape index (κ3) is 5.17. The van der Waals surface area contributed by atoms with Crippen molar-refractivity contribution in [1.29, 1.82) is 5.41 Å². The van der Waals surface area contributed by atoms with E-state index < -0.39 is 0 Å². The molecule has 0 aliphatic carbocycles. The van der Waals surface area contributed by atoms with Crippen molar-refractivity contribution in [3.63, 3.8) is 0 Å². The molecule has 1 aliphatic heterocycles. The van der Waals surface area contributed by atoms with Crippen molar-refractivity contribution < 1.29 is 9.18 Å². The lowest BCUT2D eigenvalue weighted by Crippen LogP contribution is -2.50. The van der Waals surface area contributed by atoms with Crippen LogP contribution in [0, 0.1) is 11.2 Å². The molecule has 0 bridgehead atoms. The highest BCUT2D eigenvalue weighted by atomic mass is 19.1. The van der Waals surface area contributed by atoms with Gasteiger partial charge in [0, 0.05) is 38.4 Å². The summed E-state index contributed by atoms with van der Waals surface area (Å²) in [7, 11) is 0. The molecule has 1 aromatic rings. The fourth-order valence-electron chi connectivity index (χ4n) is 2.57. The Kier molecular flexibility index (Phi) is 5.87. The van der Waals surface area contributed by atoms with Crippen LogP contribution in [0.25, 0.3) is 0 Å². The summed E-state index contributed by atoms with van der Waals surface area (Å²) in [6.07, 6.45) is 2.25. The lowest BCUT2D eigenvalue weighted by molar-refractivity contribution is -0.125. The van der Waals surface area contributed by atoms with Gasteiger partial charge in [0.05, 0.1) is 0 Å². The molecule has 1 amide bonds. The molecular formula is C17H23FN4O. The van der Waals surface area contributed by atoms with E-state index in [1.165, 1.54) is 18.2 Å². The van der Waals surface area contributed by atoms with E-state index >= 15 is 0 Å². The molecule has 1 fully saturated rings. The van der Waals surface area contributed by atoms with Gasteiger partial charge in [-0.2, -0.15) is 0 Å². The van der Waals surface area contributed by atoms with Crippen LogP contribution < -0.4 is 5.73 Å². The number of nitrogens with two attached hydrogens (primary N) is 1. The zero-order chi connectivity index (χ0) is 16.8. The van der Waals surface area contributed by atoms with Crippen molar-refractivity contribution in [1.82, 2.24) is 9.80 Å². The molecule has 124 valence electrons. The number of rotatable bonds is 5. The third-order valence-corrected chi connectivity index (χ3v) is 3.89. The van der Waals surface area contributed by atoms with E-state index in [2.05, 4.69) is 4.90 Å². The zero-order valence-electron chi connectivity index (χ0n) is 13.4. The number of halogens is 1. The van der Waals surface area contributed by atoms with Crippen LogP contribution in [-0.4, -0.2) is 54.1 Å². The lowest BCUT2D eigenvalue weighted by Gasteiger charge is -2.34. The Morgan fingerprint density at radius 3 is 2.43 bits per heavy atom. The first-order chi connectivity index (χ1) is 11.0. The summed E-state index contributed by atoms with van der Waals surface area (Å²) in [5.41, 5.74) is 7.01. The number of allylic oxidation sites excluding steroid dienone is 1. The topological polar surface area (TPSA) is 73.4 Å². The minimum absolute atomic E-state index is 0.0650. The van der Waals surface area contributed by atoms with Crippen molar-refractivity contribution in [3.8, 4) is 0 Å². The molecule has 6 heteroatoms. The second-order valence-corrected chi connectivity index (χ2v) is 5.81. The predicted molar refractivity (Wildman–Crippen MR) is 88.8 cm³/mol. The fourth-order valence-corrected chi connectivity index (χ4v) is 2.57. The minimum Gasteiger partial charge on any atom is -0.402 e. The van der Waals surface area contributed by atoms with Gasteiger partial charge in [-0.1, -0.05) is 12.1 Å². The Morgan fingerprint density at radius 2 is 1.87 bits per heavy atom. The first-order valence-corrected chi connectivity index (χ1v) is 7.74. The number of amides is 1. The molecule has 1 saturated heterocycles. The van der Waals surface area contributed by atoms with E-state index in [0.717, 1.165) is 31.6 Å². The van der Waals surface area contributed by atoms with E-state index in [1.807, 2.05) is 0 Å². The SMILES string of the molecule is C/C(N)=C/C(=N)C(=O)N1CCN(CCc2ccc(F)cc2)CC1. The molecule has 5 nitrogen and oxygen atoms in total. The van der Waals surface area contributed by atoms with E-state index in [-0.39, 0.29) is 17.4 Å². The Bertz CT molecular complexity index is 585. The Balaban J connectivity index is 1.77. The lowest BCUT2D eigenvalue weighted by atomic mass is 10.1. The molecule has 0 aromatic heterocycles. The van der Waals surface area contributed by atoms with E-state index in [9.17, 15) is 9.18 Å². The Hall–Kier alpha value is -2.21. The molecule has 0 radical (unpaired) electrons. The van der Waals surface area contributed by atoms with Crippen LogP contribution in [0.1, 0.15) is 12.5 Å². The van der Waals surface area contributed by atoms with Crippen molar-refractivity contribution >= 4 is 11.6 Å². The van der Waals surface area contributed by atoms with Crippen molar-refractivity contribution in [2.45, 2.75) is 13.3 Å². The number of benzene rings is 1. The van der Waals surface area contributed by atoms with Crippen LogP contribution in [0.4, 0.5) is 4.39 Å². The van der Waals surface area contributed by atoms with E-state index in [4.69, 9.17) is 11.1 Å². The first kappa shape index (κ1) is 17.1. The third-order valence-electron chi connectivity index (χ3n) is 3.89. The van der Waals surface area contributed by atoms with Gasteiger partial charge in [-0.3, -0.25) is 15.1 Å². The summed E-state index contributed by atoms with van der Waals surface area (Å²) in [5, 5.41) is 7.73. The Morgan fingerprint density at radius 1 is 1.26 bits per heavy atom. The predicted octanol–water partition coefficient (Wildman–Crippen LogP) is 1.39. The van der Waals surface area contributed by atoms with Gasteiger partial charge in [0.25, 0.3) is 5.91 Å². The van der Waals surface area contributed by atoms with Crippen molar-refractivity contribution in [3.05, 3.63) is 47.4 Å². The second-order valence-electron chi connectivity index (χ2n) is 5.81. The number of carbonyl (C=O) groups is 1. The maximum absolute atomic E-state index is 12.9. The van der Waals surface area contributed by atoms with Gasteiger partial charge in [-0.05, 0) is 37.1 Å². The van der Waals surface area contributed by atoms with Gasteiger partial charge in [-0.25, -0.2) is 4.39 Å². The van der Waals surface area contributed by atoms with Crippen LogP contribution in [0.15, 0.2) is 36.0 Å². The van der Waals surface area contributed by atoms with Crippen LogP contribution >= 0.6 is 0 Å². The maximum Gasteiger partial charge on any atom is 0.271 e. The largest absolute Gasteiger partial charge is 0.402 e. The summed E-state index contributed by atoms with van der Waals surface area (Å²) in [6, 6.07) is 6.56. The van der Waals surface area contributed by atoms with Gasteiger partial charge >= 0.3 is 0 Å². The zero-order valence-corrected chi connectivity index (χ0v) is 13.4. The molecule has 1 aliphatic rings. The molecule has 2 rings (SSSR count). The average Bonchev–Trinajstić information content (AvgIpc) is 2.53. The number of hydrogen-bond donors (Lipinski definition) is 2. The molecule has 0 spiro atoms. The van der Waals surface area contributed by atoms with Crippen molar-refractivity contribution in [2.75, 3.05) is 32.7 Å². The highest BCUT2D eigenvalue weighted by Gasteiger charge is 2.22. The number of carbonyl (C=O) groups excluding carboxylic acids is 1. The fraction of sp³-hybridized carbons (Fsp3) is 0.412. The minimum atomic E-state index is -0.270. The van der Waals surface area contributed by atoms with Gasteiger partial charge in [-0.15, -0.1) is 0 Å². The highest BCUT2D eigenvalue weighted by Crippen LogP contribution is 2.07.